The van der Waals surface area contributed by atoms with Crippen molar-refractivity contribution in [3.8, 4) is 5.75 Å². The van der Waals surface area contributed by atoms with Gasteiger partial charge >= 0.3 is 0 Å². The van der Waals surface area contributed by atoms with Gasteiger partial charge in [0, 0.05) is 12.1 Å². The van der Waals surface area contributed by atoms with Crippen LogP contribution in [0.3, 0.4) is 0 Å². The van der Waals surface area contributed by atoms with Crippen LogP contribution >= 0.6 is 0 Å². The first-order valence-electron chi connectivity index (χ1n) is 7.47. The summed E-state index contributed by atoms with van der Waals surface area (Å²) in [5, 5.41) is 2.77. The number of rotatable bonds is 6. The lowest BCUT2D eigenvalue weighted by Crippen LogP contribution is -2.47. The highest BCUT2D eigenvalue weighted by atomic mass is 32.2. The number of amides is 1. The minimum absolute atomic E-state index is 0.154. The Morgan fingerprint density at radius 1 is 1.30 bits per heavy atom. The van der Waals surface area contributed by atoms with Crippen LogP contribution in [-0.2, 0) is 14.8 Å². The molecule has 0 unspecified atom stereocenters. The predicted molar refractivity (Wildman–Crippen MR) is 90.1 cm³/mol. The van der Waals surface area contributed by atoms with Crippen molar-refractivity contribution in [1.82, 2.24) is 9.62 Å². The van der Waals surface area contributed by atoms with E-state index < -0.39 is 15.6 Å². The number of carbonyl (C=O) groups excluding carboxylic acids is 1. The summed E-state index contributed by atoms with van der Waals surface area (Å²) in [5.41, 5.74) is 0.320. The Balaban J connectivity index is 3.04. The Bertz CT molecular complexity index is 663. The summed E-state index contributed by atoms with van der Waals surface area (Å²) in [5.74, 6) is 0.297. The van der Waals surface area contributed by atoms with Gasteiger partial charge in [0.15, 0.2) is 0 Å². The normalized spacial score (nSPS) is 12.3. The van der Waals surface area contributed by atoms with Crippen LogP contribution in [-0.4, -0.2) is 44.4 Å². The third-order valence-corrected chi connectivity index (χ3v) is 5.11. The molecule has 0 spiro atoms. The van der Waals surface area contributed by atoms with Crippen molar-refractivity contribution in [2.75, 3.05) is 20.2 Å². The predicted octanol–water partition coefficient (Wildman–Crippen LogP) is 1.93. The molecule has 7 heteroatoms. The fourth-order valence-corrected chi connectivity index (χ4v) is 3.64. The van der Waals surface area contributed by atoms with E-state index >= 15 is 0 Å². The van der Waals surface area contributed by atoms with E-state index in [0.29, 0.717) is 5.75 Å². The van der Waals surface area contributed by atoms with Crippen LogP contribution in [0.4, 0.5) is 0 Å². The zero-order valence-electron chi connectivity index (χ0n) is 14.6. The number of nitrogens with one attached hydrogen (secondary N) is 1. The maximum Gasteiger partial charge on any atom is 0.243 e. The number of sulfonamides is 1. The Kier molecular flexibility index (Phi) is 6.18. The number of hydrogen-bond acceptors (Lipinski definition) is 4. The Labute approximate surface area is 138 Å². The number of likely N-dealkylation sites (N-methyl/N-ethyl adjacent to an activating group) is 1. The summed E-state index contributed by atoms with van der Waals surface area (Å²) in [4.78, 5) is 12.2. The summed E-state index contributed by atoms with van der Waals surface area (Å²) < 4.78 is 31.8. The summed E-state index contributed by atoms with van der Waals surface area (Å²) in [6.45, 7) is 9.04. The Morgan fingerprint density at radius 3 is 2.35 bits per heavy atom. The molecule has 0 saturated carbocycles. The lowest BCUT2D eigenvalue weighted by molar-refractivity contribution is -0.122. The van der Waals surface area contributed by atoms with Gasteiger partial charge in [0.2, 0.25) is 15.9 Å². The number of nitrogens with zero attached hydrogens (tertiary/aromatic N) is 1. The molecule has 1 rings (SSSR count). The fourth-order valence-electron chi connectivity index (χ4n) is 2.15. The Hall–Kier alpha value is -1.60. The van der Waals surface area contributed by atoms with E-state index in [2.05, 4.69) is 5.32 Å². The largest absolute Gasteiger partial charge is 0.496 e. The number of benzene rings is 1. The molecule has 0 radical (unpaired) electrons. The number of aryl methyl sites for hydroxylation is 1. The standard InChI is InChI=1S/C16H26N2O4S/c1-7-18(11-15(19)17-16(3,4)5)23(20,21)13-8-9-14(22-6)12(2)10-13/h8-10H,7,11H2,1-6H3,(H,17,19). The van der Waals surface area contributed by atoms with Crippen LogP contribution in [0.15, 0.2) is 23.1 Å². The molecule has 23 heavy (non-hydrogen) atoms. The third kappa shape index (κ3) is 5.21. The maximum absolute atomic E-state index is 12.7. The number of ether oxygens (including phenoxy) is 1. The van der Waals surface area contributed by atoms with Crippen molar-refractivity contribution < 1.29 is 17.9 Å². The molecule has 0 heterocycles. The molecule has 0 saturated heterocycles. The highest BCUT2D eigenvalue weighted by molar-refractivity contribution is 7.89. The SMILES string of the molecule is CCN(CC(=O)NC(C)(C)C)S(=O)(=O)c1ccc(OC)c(C)c1. The number of methoxy groups -OCH3 is 1. The highest BCUT2D eigenvalue weighted by Crippen LogP contribution is 2.23. The first-order valence-corrected chi connectivity index (χ1v) is 8.91. The van der Waals surface area contributed by atoms with Gasteiger partial charge in [-0.3, -0.25) is 4.79 Å². The average Bonchev–Trinajstić information content (AvgIpc) is 2.42. The van der Waals surface area contributed by atoms with Crippen LogP contribution in [0.2, 0.25) is 0 Å². The minimum Gasteiger partial charge on any atom is -0.496 e. The van der Waals surface area contributed by atoms with Gasteiger partial charge in [0.05, 0.1) is 18.6 Å². The van der Waals surface area contributed by atoms with Crippen molar-refractivity contribution in [3.63, 3.8) is 0 Å². The molecule has 0 atom stereocenters. The molecular weight excluding hydrogens is 316 g/mol. The molecule has 1 aromatic rings. The second kappa shape index (κ2) is 7.31. The van der Waals surface area contributed by atoms with Gasteiger partial charge in [-0.2, -0.15) is 4.31 Å². The van der Waals surface area contributed by atoms with E-state index in [4.69, 9.17) is 4.74 Å². The van der Waals surface area contributed by atoms with Crippen LogP contribution in [0.1, 0.15) is 33.3 Å². The van der Waals surface area contributed by atoms with Gasteiger partial charge in [-0.25, -0.2) is 8.42 Å². The van der Waals surface area contributed by atoms with Gasteiger partial charge in [-0.1, -0.05) is 6.92 Å². The minimum atomic E-state index is -3.73. The van der Waals surface area contributed by atoms with Crippen molar-refractivity contribution in [3.05, 3.63) is 23.8 Å². The fraction of sp³-hybridized carbons (Fsp3) is 0.562. The van der Waals surface area contributed by atoms with E-state index in [1.165, 1.54) is 13.2 Å². The molecule has 0 fully saturated rings. The molecule has 0 aromatic heterocycles. The van der Waals surface area contributed by atoms with Crippen LogP contribution in [0.5, 0.6) is 5.75 Å². The number of carbonyl (C=O) groups is 1. The molecule has 1 amide bonds. The van der Waals surface area contributed by atoms with Crippen LogP contribution in [0.25, 0.3) is 0 Å². The molecule has 130 valence electrons. The van der Waals surface area contributed by atoms with E-state index in [1.54, 1.807) is 26.0 Å². The van der Waals surface area contributed by atoms with Gasteiger partial charge in [-0.15, -0.1) is 0 Å². The average molecular weight is 342 g/mol. The summed E-state index contributed by atoms with van der Waals surface area (Å²) >= 11 is 0. The molecule has 0 aliphatic heterocycles. The van der Waals surface area contributed by atoms with Crippen LogP contribution in [0, 0.1) is 6.92 Å². The first-order chi connectivity index (χ1) is 10.5. The Morgan fingerprint density at radius 2 is 1.91 bits per heavy atom. The third-order valence-electron chi connectivity index (χ3n) is 3.19. The first kappa shape index (κ1) is 19.4. The van der Waals surface area contributed by atoms with Crippen molar-refractivity contribution >= 4 is 15.9 Å². The van der Waals surface area contributed by atoms with Gasteiger partial charge in [-0.05, 0) is 51.5 Å². The quantitative estimate of drug-likeness (QED) is 0.857. The molecular formula is C16H26N2O4S. The maximum atomic E-state index is 12.7. The topological polar surface area (TPSA) is 75.7 Å². The highest BCUT2D eigenvalue weighted by Gasteiger charge is 2.27. The van der Waals surface area contributed by atoms with Crippen molar-refractivity contribution in [2.45, 2.75) is 45.1 Å². The van der Waals surface area contributed by atoms with E-state index in [1.807, 2.05) is 20.8 Å². The van der Waals surface area contributed by atoms with Crippen LogP contribution < -0.4 is 10.1 Å². The molecule has 0 aliphatic rings. The molecule has 0 aliphatic carbocycles. The monoisotopic (exact) mass is 342 g/mol. The lowest BCUT2D eigenvalue weighted by Gasteiger charge is -2.24. The molecule has 0 bridgehead atoms. The summed E-state index contributed by atoms with van der Waals surface area (Å²) in [7, 11) is -2.20. The van der Waals surface area contributed by atoms with Crippen molar-refractivity contribution in [1.29, 1.82) is 0 Å². The van der Waals surface area contributed by atoms with Gasteiger partial charge in [0.25, 0.3) is 0 Å². The van der Waals surface area contributed by atoms with E-state index in [0.717, 1.165) is 9.87 Å². The molecule has 6 nitrogen and oxygen atoms in total. The lowest BCUT2D eigenvalue weighted by atomic mass is 10.1. The van der Waals surface area contributed by atoms with E-state index in [9.17, 15) is 13.2 Å². The molecule has 1 aromatic carbocycles. The molecule has 1 N–H and O–H groups in total. The summed E-state index contributed by atoms with van der Waals surface area (Å²) in [6, 6.07) is 4.66. The van der Waals surface area contributed by atoms with Crippen molar-refractivity contribution in [2.24, 2.45) is 0 Å². The smallest absolute Gasteiger partial charge is 0.243 e. The zero-order chi connectivity index (χ0) is 17.8. The second-order valence-electron chi connectivity index (χ2n) is 6.36. The summed E-state index contributed by atoms with van der Waals surface area (Å²) in [6.07, 6.45) is 0. The second-order valence-corrected chi connectivity index (χ2v) is 8.30. The van der Waals surface area contributed by atoms with E-state index in [-0.39, 0.29) is 23.9 Å². The zero-order valence-corrected chi connectivity index (χ0v) is 15.5. The van der Waals surface area contributed by atoms with Gasteiger partial charge in [0.1, 0.15) is 5.75 Å². The number of hydrogen-bond donors (Lipinski definition) is 1. The van der Waals surface area contributed by atoms with Gasteiger partial charge < -0.3 is 10.1 Å².